The normalized spacial score (nSPS) is 10.9. The molecule has 0 saturated carbocycles. The maximum Gasteiger partial charge on any atom is 0.129 e. The molecule has 2 N–H and O–H groups in total. The van der Waals surface area contributed by atoms with Crippen LogP contribution in [-0.4, -0.2) is 19.6 Å². The average molecular weight is 271 g/mol. The van der Waals surface area contributed by atoms with Gasteiger partial charge in [0.25, 0.3) is 0 Å². The average Bonchev–Trinajstić information content (AvgIpc) is 2.95. The van der Waals surface area contributed by atoms with Gasteiger partial charge in [-0.15, -0.1) is 0 Å². The van der Waals surface area contributed by atoms with Crippen LogP contribution in [0, 0.1) is 5.82 Å². The smallest absolute Gasteiger partial charge is 0.129 e. The molecule has 5 nitrogen and oxygen atoms in total. The van der Waals surface area contributed by atoms with E-state index in [0.29, 0.717) is 17.1 Å². The van der Waals surface area contributed by atoms with Crippen molar-refractivity contribution in [3.63, 3.8) is 0 Å². The molecule has 0 saturated heterocycles. The number of nitrogens with two attached hydrogens (primary N) is 1. The van der Waals surface area contributed by atoms with E-state index in [0.717, 1.165) is 11.1 Å². The van der Waals surface area contributed by atoms with Gasteiger partial charge in [0.2, 0.25) is 0 Å². The Balaban J connectivity index is 2.24. The maximum atomic E-state index is 13.4. The van der Waals surface area contributed by atoms with Crippen molar-refractivity contribution in [2.75, 3.05) is 5.73 Å². The molecular weight excluding hydrogens is 257 g/mol. The first-order valence-electron chi connectivity index (χ1n) is 6.13. The van der Waals surface area contributed by atoms with Crippen molar-refractivity contribution in [3.8, 4) is 22.4 Å². The number of nitrogens with zero attached hydrogens (tertiary/aromatic N) is 4. The third-order valence-electron chi connectivity index (χ3n) is 3.18. The molecule has 0 radical (unpaired) electrons. The third-order valence-corrected chi connectivity index (χ3v) is 3.18. The summed E-state index contributed by atoms with van der Waals surface area (Å²) < 4.78 is 16.7. The molecule has 0 atom stereocenters. The molecular formula is C14H14FN5. The molecule has 0 aliphatic rings. The quantitative estimate of drug-likeness (QED) is 0.777. The van der Waals surface area contributed by atoms with E-state index in [1.54, 1.807) is 28.7 Å². The van der Waals surface area contributed by atoms with E-state index < -0.39 is 0 Å². The van der Waals surface area contributed by atoms with Gasteiger partial charge in [-0.25, -0.2) is 4.39 Å². The number of aryl methyl sites for hydroxylation is 2. The van der Waals surface area contributed by atoms with Gasteiger partial charge in [0.15, 0.2) is 0 Å². The Bertz CT molecular complexity index is 772. The third kappa shape index (κ3) is 1.95. The molecule has 0 spiro atoms. The van der Waals surface area contributed by atoms with Crippen LogP contribution in [-0.2, 0) is 14.1 Å². The molecule has 0 amide bonds. The lowest BCUT2D eigenvalue weighted by Crippen LogP contribution is -1.98. The zero-order valence-corrected chi connectivity index (χ0v) is 11.2. The first kappa shape index (κ1) is 12.4. The Morgan fingerprint density at radius 3 is 2.65 bits per heavy atom. The predicted octanol–water partition coefficient (Wildman–Crippen LogP) is 2.21. The number of anilines is 1. The van der Waals surface area contributed by atoms with E-state index in [1.165, 1.54) is 12.1 Å². The van der Waals surface area contributed by atoms with Crippen molar-refractivity contribution in [2.24, 2.45) is 14.1 Å². The number of nitrogen functional groups attached to an aromatic ring is 1. The number of hydrogen-bond acceptors (Lipinski definition) is 3. The van der Waals surface area contributed by atoms with E-state index >= 15 is 0 Å². The zero-order chi connectivity index (χ0) is 14.3. The summed E-state index contributed by atoms with van der Waals surface area (Å²) in [5.41, 5.74) is 9.05. The lowest BCUT2D eigenvalue weighted by molar-refractivity contribution is 0.628. The van der Waals surface area contributed by atoms with Gasteiger partial charge < -0.3 is 5.73 Å². The number of aromatic nitrogens is 4. The Morgan fingerprint density at radius 2 is 2.00 bits per heavy atom. The first-order valence-corrected chi connectivity index (χ1v) is 6.13. The minimum atomic E-state index is -0.303. The molecule has 20 heavy (non-hydrogen) atoms. The summed E-state index contributed by atoms with van der Waals surface area (Å²) in [5.74, 6) is 0.192. The van der Waals surface area contributed by atoms with Gasteiger partial charge in [0, 0.05) is 25.9 Å². The second-order valence-corrected chi connectivity index (χ2v) is 4.65. The van der Waals surface area contributed by atoms with Crippen LogP contribution in [0.5, 0.6) is 0 Å². The van der Waals surface area contributed by atoms with E-state index in [4.69, 9.17) is 5.73 Å². The summed E-state index contributed by atoms with van der Waals surface area (Å²) in [6.07, 6.45) is 3.56. The fourth-order valence-corrected chi connectivity index (χ4v) is 2.21. The van der Waals surface area contributed by atoms with Gasteiger partial charge in [-0.2, -0.15) is 10.2 Å². The molecule has 102 valence electrons. The number of hydrogen-bond donors (Lipinski definition) is 1. The second-order valence-electron chi connectivity index (χ2n) is 4.65. The molecule has 3 rings (SSSR count). The van der Waals surface area contributed by atoms with E-state index in [1.807, 2.05) is 19.3 Å². The highest BCUT2D eigenvalue weighted by molar-refractivity contribution is 5.87. The molecule has 3 aromatic rings. The molecule has 0 fully saturated rings. The summed E-state index contributed by atoms with van der Waals surface area (Å²) in [5, 5.41) is 8.55. The van der Waals surface area contributed by atoms with Crippen molar-refractivity contribution in [1.29, 1.82) is 0 Å². The van der Waals surface area contributed by atoms with Gasteiger partial charge in [-0.05, 0) is 17.7 Å². The minimum absolute atomic E-state index is 0.303. The summed E-state index contributed by atoms with van der Waals surface area (Å²) in [6.45, 7) is 0. The summed E-state index contributed by atoms with van der Waals surface area (Å²) in [4.78, 5) is 0. The van der Waals surface area contributed by atoms with Gasteiger partial charge in [-0.1, -0.05) is 12.1 Å². The second kappa shape index (κ2) is 4.48. The van der Waals surface area contributed by atoms with Crippen LogP contribution < -0.4 is 5.73 Å². The highest BCUT2D eigenvalue weighted by Crippen LogP contribution is 2.35. The summed E-state index contributed by atoms with van der Waals surface area (Å²) in [7, 11) is 3.59. The highest BCUT2D eigenvalue weighted by atomic mass is 19.1. The number of benzene rings is 1. The monoisotopic (exact) mass is 271 g/mol. The van der Waals surface area contributed by atoms with Crippen molar-refractivity contribution < 1.29 is 4.39 Å². The fourth-order valence-electron chi connectivity index (χ4n) is 2.21. The standard InChI is InChI=1S/C14H14FN5/c1-19-8-10(7-17-19)13-12(14(16)20(2)18-13)9-4-3-5-11(15)6-9/h3-8H,16H2,1-2H3. The maximum absolute atomic E-state index is 13.4. The predicted molar refractivity (Wildman–Crippen MR) is 75.2 cm³/mol. The molecule has 0 unspecified atom stereocenters. The first-order chi connectivity index (χ1) is 9.56. The summed E-state index contributed by atoms with van der Waals surface area (Å²) >= 11 is 0. The zero-order valence-electron chi connectivity index (χ0n) is 11.2. The van der Waals surface area contributed by atoms with Gasteiger partial charge in [0.05, 0.1) is 11.8 Å². The Labute approximate surface area is 115 Å². The van der Waals surface area contributed by atoms with Crippen LogP contribution in [0.3, 0.4) is 0 Å². The van der Waals surface area contributed by atoms with Crippen LogP contribution in [0.2, 0.25) is 0 Å². The van der Waals surface area contributed by atoms with E-state index in [9.17, 15) is 4.39 Å². The molecule has 0 aliphatic carbocycles. The van der Waals surface area contributed by atoms with Gasteiger partial charge in [-0.3, -0.25) is 9.36 Å². The van der Waals surface area contributed by atoms with Crippen LogP contribution in [0.15, 0.2) is 36.7 Å². The molecule has 0 aliphatic heterocycles. The Kier molecular flexibility index (Phi) is 2.78. The topological polar surface area (TPSA) is 61.7 Å². The molecule has 2 heterocycles. The van der Waals surface area contributed by atoms with Crippen molar-refractivity contribution in [3.05, 3.63) is 42.5 Å². The van der Waals surface area contributed by atoms with Crippen molar-refractivity contribution >= 4 is 5.82 Å². The van der Waals surface area contributed by atoms with Crippen LogP contribution in [0.1, 0.15) is 0 Å². The molecule has 0 bridgehead atoms. The Hall–Kier alpha value is -2.63. The summed E-state index contributed by atoms with van der Waals surface area (Å²) in [6, 6.07) is 6.33. The molecule has 2 aromatic heterocycles. The van der Waals surface area contributed by atoms with Crippen LogP contribution in [0.25, 0.3) is 22.4 Å². The molecule has 6 heteroatoms. The fraction of sp³-hybridized carbons (Fsp3) is 0.143. The van der Waals surface area contributed by atoms with Crippen LogP contribution >= 0.6 is 0 Å². The SMILES string of the molecule is Cn1cc(-c2nn(C)c(N)c2-c2cccc(F)c2)cn1. The van der Waals surface area contributed by atoms with Crippen LogP contribution in [0.4, 0.5) is 10.2 Å². The van der Waals surface area contributed by atoms with Gasteiger partial charge >= 0.3 is 0 Å². The highest BCUT2D eigenvalue weighted by Gasteiger charge is 2.18. The van der Waals surface area contributed by atoms with Crippen molar-refractivity contribution in [2.45, 2.75) is 0 Å². The lowest BCUT2D eigenvalue weighted by atomic mass is 10.0. The number of halogens is 1. The van der Waals surface area contributed by atoms with Gasteiger partial charge in [0.1, 0.15) is 17.3 Å². The van der Waals surface area contributed by atoms with Crippen molar-refractivity contribution in [1.82, 2.24) is 19.6 Å². The van der Waals surface area contributed by atoms with E-state index in [2.05, 4.69) is 10.2 Å². The number of rotatable bonds is 2. The lowest BCUT2D eigenvalue weighted by Gasteiger charge is -2.03. The Morgan fingerprint density at radius 1 is 1.20 bits per heavy atom. The van der Waals surface area contributed by atoms with E-state index in [-0.39, 0.29) is 5.82 Å². The molecule has 1 aromatic carbocycles. The largest absolute Gasteiger partial charge is 0.383 e. The minimum Gasteiger partial charge on any atom is -0.383 e.